The molecule has 1 atom stereocenters. The largest absolute Gasteiger partial charge is 0.416 e. The van der Waals surface area contributed by atoms with E-state index in [1.54, 1.807) is 11.0 Å². The van der Waals surface area contributed by atoms with E-state index in [9.17, 15) is 18.0 Å². The molecule has 1 unspecified atom stereocenters. The number of alkyl halides is 3. The minimum absolute atomic E-state index is 0.0690. The first-order valence-electron chi connectivity index (χ1n) is 8.95. The number of halogens is 3. The Kier molecular flexibility index (Phi) is 5.23. The highest BCUT2D eigenvalue weighted by Gasteiger charge is 2.34. The Balaban J connectivity index is 1.53. The highest BCUT2D eigenvalue weighted by Crippen LogP contribution is 2.34. The SMILES string of the molecule is O=C(/C=C/c1cccs1)N1CCCC1c1nc(-c2cccc(C(F)(F)F)c2)no1. The molecule has 3 aromatic rings. The number of rotatable bonds is 4. The summed E-state index contributed by atoms with van der Waals surface area (Å²) in [7, 11) is 0. The lowest BCUT2D eigenvalue weighted by Gasteiger charge is -2.19. The van der Waals surface area contributed by atoms with E-state index >= 15 is 0 Å². The lowest BCUT2D eigenvalue weighted by atomic mass is 10.1. The normalized spacial score (nSPS) is 17.3. The number of carbonyl (C=O) groups excluding carboxylic acids is 1. The third-order valence-electron chi connectivity index (χ3n) is 4.64. The zero-order valence-electron chi connectivity index (χ0n) is 15.1. The van der Waals surface area contributed by atoms with E-state index in [-0.39, 0.29) is 29.2 Å². The van der Waals surface area contributed by atoms with Gasteiger partial charge in [0.05, 0.1) is 5.56 Å². The first-order chi connectivity index (χ1) is 13.9. The van der Waals surface area contributed by atoms with Crippen molar-refractivity contribution in [1.29, 1.82) is 0 Å². The van der Waals surface area contributed by atoms with Gasteiger partial charge in [0.25, 0.3) is 0 Å². The van der Waals surface area contributed by atoms with E-state index in [0.717, 1.165) is 23.4 Å². The molecule has 0 saturated carbocycles. The smallest absolute Gasteiger partial charge is 0.337 e. The molecule has 1 aliphatic heterocycles. The van der Waals surface area contributed by atoms with E-state index in [2.05, 4.69) is 10.1 Å². The Morgan fingerprint density at radius 3 is 2.90 bits per heavy atom. The number of aromatic nitrogens is 2. The summed E-state index contributed by atoms with van der Waals surface area (Å²) in [5.41, 5.74) is -0.568. The van der Waals surface area contributed by atoms with E-state index in [4.69, 9.17) is 4.52 Å². The number of carbonyl (C=O) groups is 1. The Hall–Kier alpha value is -2.94. The van der Waals surface area contributed by atoms with Crippen molar-refractivity contribution in [2.75, 3.05) is 6.54 Å². The number of benzene rings is 1. The van der Waals surface area contributed by atoms with Crippen LogP contribution in [-0.4, -0.2) is 27.5 Å². The van der Waals surface area contributed by atoms with Crippen molar-refractivity contribution < 1.29 is 22.5 Å². The maximum Gasteiger partial charge on any atom is 0.416 e. The van der Waals surface area contributed by atoms with Gasteiger partial charge < -0.3 is 9.42 Å². The second kappa shape index (κ2) is 7.82. The Bertz CT molecular complexity index is 1030. The second-order valence-corrected chi connectivity index (χ2v) is 7.55. The summed E-state index contributed by atoms with van der Waals surface area (Å²) < 4.78 is 44.1. The molecule has 29 heavy (non-hydrogen) atoms. The van der Waals surface area contributed by atoms with Gasteiger partial charge in [-0.2, -0.15) is 18.2 Å². The number of hydrogen-bond acceptors (Lipinski definition) is 5. The molecule has 1 saturated heterocycles. The lowest BCUT2D eigenvalue weighted by Crippen LogP contribution is -2.29. The molecule has 0 spiro atoms. The third-order valence-corrected chi connectivity index (χ3v) is 5.48. The molecule has 0 radical (unpaired) electrons. The predicted molar refractivity (Wildman–Crippen MR) is 102 cm³/mol. The molecule has 1 aliphatic rings. The quantitative estimate of drug-likeness (QED) is 0.546. The molecular formula is C20H16F3N3O2S. The highest BCUT2D eigenvalue weighted by molar-refractivity contribution is 7.10. The van der Waals surface area contributed by atoms with E-state index < -0.39 is 11.7 Å². The molecule has 1 aromatic carbocycles. The number of amides is 1. The first kappa shape index (κ1) is 19.4. The second-order valence-electron chi connectivity index (χ2n) is 6.57. The van der Waals surface area contributed by atoms with Crippen molar-refractivity contribution in [2.24, 2.45) is 0 Å². The van der Waals surface area contributed by atoms with Crippen LogP contribution in [0, 0.1) is 0 Å². The summed E-state index contributed by atoms with van der Waals surface area (Å²) in [6.45, 7) is 0.555. The topological polar surface area (TPSA) is 59.2 Å². The lowest BCUT2D eigenvalue weighted by molar-refractivity contribution is -0.137. The highest BCUT2D eigenvalue weighted by atomic mass is 32.1. The van der Waals surface area contributed by atoms with Crippen molar-refractivity contribution in [2.45, 2.75) is 25.1 Å². The van der Waals surface area contributed by atoms with Crippen LogP contribution in [0.4, 0.5) is 13.2 Å². The third kappa shape index (κ3) is 4.24. The van der Waals surface area contributed by atoms with Gasteiger partial charge in [-0.05, 0) is 42.5 Å². The molecule has 1 fully saturated rings. The molecular weight excluding hydrogens is 403 g/mol. The summed E-state index contributed by atoms with van der Waals surface area (Å²) in [6.07, 6.45) is 0.248. The van der Waals surface area contributed by atoms with Gasteiger partial charge in [-0.1, -0.05) is 23.4 Å². The Morgan fingerprint density at radius 2 is 2.14 bits per heavy atom. The summed E-state index contributed by atoms with van der Waals surface area (Å²) in [5.74, 6) is 0.132. The summed E-state index contributed by atoms with van der Waals surface area (Å²) in [5, 5.41) is 5.75. The van der Waals surface area contributed by atoms with Crippen LogP contribution in [0.15, 0.2) is 52.4 Å². The zero-order valence-corrected chi connectivity index (χ0v) is 15.9. The molecule has 1 amide bonds. The zero-order chi connectivity index (χ0) is 20.4. The van der Waals surface area contributed by atoms with Crippen molar-refractivity contribution >= 4 is 23.3 Å². The van der Waals surface area contributed by atoms with E-state index in [0.29, 0.717) is 13.0 Å². The summed E-state index contributed by atoms with van der Waals surface area (Å²) in [4.78, 5) is 19.5. The van der Waals surface area contributed by atoms with Gasteiger partial charge in [-0.3, -0.25) is 4.79 Å². The van der Waals surface area contributed by atoms with Crippen molar-refractivity contribution in [3.63, 3.8) is 0 Å². The maximum absolute atomic E-state index is 12.9. The minimum atomic E-state index is -4.45. The predicted octanol–water partition coefficient (Wildman–Crippen LogP) is 5.19. The molecule has 4 rings (SSSR count). The van der Waals surface area contributed by atoms with E-state index in [1.165, 1.54) is 29.5 Å². The van der Waals surface area contributed by atoms with Crippen LogP contribution in [0.3, 0.4) is 0 Å². The summed E-state index contributed by atoms with van der Waals surface area (Å²) in [6, 6.07) is 8.19. The molecule has 3 heterocycles. The van der Waals surface area contributed by atoms with Crippen LogP contribution in [0.1, 0.15) is 35.2 Å². The number of thiophene rings is 1. The molecule has 5 nitrogen and oxygen atoms in total. The average molecular weight is 419 g/mol. The first-order valence-corrected chi connectivity index (χ1v) is 9.83. The van der Waals surface area contributed by atoms with Crippen LogP contribution in [0.2, 0.25) is 0 Å². The Labute approximate surface area is 168 Å². The van der Waals surface area contributed by atoms with Crippen LogP contribution < -0.4 is 0 Å². The van der Waals surface area contributed by atoms with Gasteiger partial charge in [0.15, 0.2) is 0 Å². The number of likely N-dealkylation sites (tertiary alicyclic amines) is 1. The van der Waals surface area contributed by atoms with Crippen LogP contribution in [0.5, 0.6) is 0 Å². The van der Waals surface area contributed by atoms with E-state index in [1.807, 2.05) is 17.5 Å². The Morgan fingerprint density at radius 1 is 1.28 bits per heavy atom. The van der Waals surface area contributed by atoms with Crippen molar-refractivity contribution in [3.8, 4) is 11.4 Å². The van der Waals surface area contributed by atoms with Gasteiger partial charge in [0.1, 0.15) is 6.04 Å². The maximum atomic E-state index is 12.9. The fourth-order valence-corrected chi connectivity index (χ4v) is 3.86. The molecule has 150 valence electrons. The van der Waals surface area contributed by atoms with Crippen LogP contribution in [-0.2, 0) is 11.0 Å². The number of hydrogen-bond donors (Lipinski definition) is 0. The van der Waals surface area contributed by atoms with Gasteiger partial charge in [0.2, 0.25) is 17.6 Å². The van der Waals surface area contributed by atoms with Gasteiger partial charge in [-0.25, -0.2) is 0 Å². The monoisotopic (exact) mass is 419 g/mol. The van der Waals surface area contributed by atoms with Crippen molar-refractivity contribution in [1.82, 2.24) is 15.0 Å². The standard InChI is InChI=1S/C20H16F3N3O2S/c21-20(22,23)14-5-1-4-13(12-14)18-24-19(28-25-18)16-7-2-10-26(16)17(27)9-8-15-6-3-11-29-15/h1,3-6,8-9,11-12,16H,2,7,10H2/b9-8+. The number of nitrogens with zero attached hydrogens (tertiary/aromatic N) is 3. The fraction of sp³-hybridized carbons (Fsp3) is 0.250. The van der Waals surface area contributed by atoms with Crippen molar-refractivity contribution in [3.05, 3.63) is 64.2 Å². The molecule has 0 bridgehead atoms. The molecule has 0 aliphatic carbocycles. The summed E-state index contributed by atoms with van der Waals surface area (Å²) >= 11 is 1.53. The van der Waals surface area contributed by atoms with Gasteiger partial charge >= 0.3 is 6.18 Å². The van der Waals surface area contributed by atoms with Gasteiger partial charge in [0, 0.05) is 23.1 Å². The molecule has 0 N–H and O–H groups in total. The molecule has 2 aromatic heterocycles. The average Bonchev–Trinajstić information content (AvgIpc) is 3.46. The fourth-order valence-electron chi connectivity index (χ4n) is 3.24. The minimum Gasteiger partial charge on any atom is -0.337 e. The van der Waals surface area contributed by atoms with Crippen LogP contribution >= 0.6 is 11.3 Å². The van der Waals surface area contributed by atoms with Gasteiger partial charge in [-0.15, -0.1) is 11.3 Å². The van der Waals surface area contributed by atoms with Crippen LogP contribution in [0.25, 0.3) is 17.5 Å². The molecule has 9 heteroatoms.